The summed E-state index contributed by atoms with van der Waals surface area (Å²) in [7, 11) is 4.43. The minimum atomic E-state index is 1.24. The number of benzene rings is 8. The van der Waals surface area contributed by atoms with E-state index in [-0.39, 0.29) is 0 Å². The molecule has 0 unspecified atom stereocenters. The van der Waals surface area contributed by atoms with Gasteiger partial charge in [-0.05, 0) is 91.1 Å². The highest BCUT2D eigenvalue weighted by molar-refractivity contribution is 6.28. The Balaban J connectivity index is 1.18. The lowest BCUT2D eigenvalue weighted by Crippen LogP contribution is -2.15. The molecule has 2 nitrogen and oxygen atoms in total. The second kappa shape index (κ2) is 9.32. The van der Waals surface area contributed by atoms with Crippen molar-refractivity contribution in [2.45, 2.75) is 0 Å². The predicted molar refractivity (Wildman–Crippen MR) is 197 cm³/mol. The zero-order valence-corrected chi connectivity index (χ0v) is 25.8. The average molecular weight is 587 g/mol. The number of fused-ring (bicyclic) bond motifs is 8. The molecule has 0 spiro atoms. The Morgan fingerprint density at radius 2 is 0.978 bits per heavy atom. The molecule has 8 aromatic carbocycles. The van der Waals surface area contributed by atoms with Gasteiger partial charge in [0.2, 0.25) is 0 Å². The van der Waals surface area contributed by atoms with Crippen LogP contribution >= 0.6 is 0 Å². The van der Waals surface area contributed by atoms with Crippen molar-refractivity contribution in [3.05, 3.63) is 146 Å². The summed E-state index contributed by atoms with van der Waals surface area (Å²) >= 11 is 0. The summed E-state index contributed by atoms with van der Waals surface area (Å²) in [6, 6.07) is 53.9. The first-order chi connectivity index (χ1) is 22.6. The van der Waals surface area contributed by atoms with Gasteiger partial charge in [-0.3, -0.25) is 0 Å². The molecule has 0 atom stereocenters. The molecule has 2 heteroatoms. The minimum absolute atomic E-state index is 1.24. The van der Waals surface area contributed by atoms with Crippen LogP contribution in [0.4, 0.5) is 11.4 Å². The lowest BCUT2D eigenvalue weighted by atomic mass is 9.88. The summed E-state index contributed by atoms with van der Waals surface area (Å²) in [6.45, 7) is 0. The van der Waals surface area contributed by atoms with E-state index in [4.69, 9.17) is 0 Å². The van der Waals surface area contributed by atoms with Gasteiger partial charge in [-0.15, -0.1) is 0 Å². The third-order valence-electron chi connectivity index (χ3n) is 10.3. The Morgan fingerprint density at radius 1 is 0.370 bits per heavy atom. The fourth-order valence-corrected chi connectivity index (χ4v) is 7.90. The molecule has 1 aliphatic rings. The highest BCUT2D eigenvalue weighted by atomic mass is 15.1. The van der Waals surface area contributed by atoms with Crippen LogP contribution in [0.1, 0.15) is 0 Å². The van der Waals surface area contributed by atoms with Crippen LogP contribution in [0.15, 0.2) is 146 Å². The van der Waals surface area contributed by atoms with Crippen molar-refractivity contribution in [1.82, 2.24) is 4.57 Å². The first-order valence-electron chi connectivity index (χ1n) is 16.0. The highest BCUT2D eigenvalue weighted by Crippen LogP contribution is 2.51. The molecule has 0 saturated heterocycles. The van der Waals surface area contributed by atoms with Crippen molar-refractivity contribution in [2.75, 3.05) is 11.9 Å². The van der Waals surface area contributed by atoms with Gasteiger partial charge in [0, 0.05) is 52.7 Å². The van der Waals surface area contributed by atoms with Crippen LogP contribution in [0.2, 0.25) is 0 Å². The molecule has 0 aliphatic carbocycles. The SMILES string of the molecule is CN1c2cc(-c3ccc4ccccc4c3)ccc2-c2cc3c(c4cccc1c24)c1ccc(-c2ccc4ccccc4c2)cc1n3C. The Labute approximate surface area is 267 Å². The van der Waals surface area contributed by atoms with E-state index >= 15 is 0 Å². The molecule has 216 valence electrons. The fraction of sp³-hybridized carbons (Fsp3) is 0.0455. The average Bonchev–Trinajstić information content (AvgIpc) is 3.40. The number of aryl methyl sites for hydroxylation is 1. The van der Waals surface area contributed by atoms with Crippen LogP contribution in [0.3, 0.4) is 0 Å². The summed E-state index contributed by atoms with van der Waals surface area (Å²) in [4.78, 5) is 2.38. The second-order valence-corrected chi connectivity index (χ2v) is 12.7. The van der Waals surface area contributed by atoms with E-state index in [0.717, 1.165) is 0 Å². The monoisotopic (exact) mass is 586 g/mol. The number of aromatic nitrogens is 1. The largest absolute Gasteiger partial charge is 0.344 e. The van der Waals surface area contributed by atoms with Crippen LogP contribution in [0.25, 0.3) is 87.5 Å². The zero-order chi connectivity index (χ0) is 30.5. The van der Waals surface area contributed by atoms with Crippen LogP contribution in [-0.4, -0.2) is 11.6 Å². The Morgan fingerprint density at radius 3 is 1.70 bits per heavy atom. The molecule has 0 N–H and O–H groups in total. The quantitative estimate of drug-likeness (QED) is 0.196. The number of nitrogens with zero attached hydrogens (tertiary/aromatic N) is 2. The Hall–Kier alpha value is -5.86. The second-order valence-electron chi connectivity index (χ2n) is 12.7. The van der Waals surface area contributed by atoms with Gasteiger partial charge in [0.1, 0.15) is 0 Å². The van der Waals surface area contributed by atoms with E-state index in [0.29, 0.717) is 0 Å². The molecule has 0 fully saturated rings. The van der Waals surface area contributed by atoms with Gasteiger partial charge in [0.25, 0.3) is 0 Å². The number of hydrogen-bond acceptors (Lipinski definition) is 1. The van der Waals surface area contributed by atoms with Gasteiger partial charge in [-0.2, -0.15) is 0 Å². The normalized spacial score (nSPS) is 12.5. The molecule has 1 aliphatic heterocycles. The van der Waals surface area contributed by atoms with Crippen LogP contribution in [0, 0.1) is 0 Å². The van der Waals surface area contributed by atoms with Crippen molar-refractivity contribution in [2.24, 2.45) is 7.05 Å². The molecule has 10 rings (SSSR count). The first-order valence-corrected chi connectivity index (χ1v) is 16.0. The maximum absolute atomic E-state index is 2.43. The van der Waals surface area contributed by atoms with Crippen LogP contribution in [0.5, 0.6) is 0 Å². The maximum Gasteiger partial charge on any atom is 0.0501 e. The Kier molecular flexibility index (Phi) is 5.16. The van der Waals surface area contributed by atoms with E-state index in [9.17, 15) is 0 Å². The molecular formula is C44H30N2. The van der Waals surface area contributed by atoms with Crippen molar-refractivity contribution in [1.29, 1.82) is 0 Å². The number of hydrogen-bond donors (Lipinski definition) is 0. The lowest BCUT2D eigenvalue weighted by molar-refractivity contribution is 1.01. The lowest BCUT2D eigenvalue weighted by Gasteiger charge is -2.31. The standard InChI is InChI=1S/C44H30N2/c1-45-39-13-7-12-37-43-36-21-19-34(32-17-15-28-9-4-6-11-30(28)23-32)25-41(36)46(2)42(43)26-38(44(37)39)35-20-18-33(24-40(35)45)31-16-14-27-8-3-5-10-29(27)22-31/h3-26H,1-2H3. The van der Waals surface area contributed by atoms with Crippen molar-refractivity contribution < 1.29 is 0 Å². The summed E-state index contributed by atoms with van der Waals surface area (Å²) in [5, 5.41) is 10.3. The number of anilines is 2. The predicted octanol–water partition coefficient (Wildman–Crippen LogP) is 11.9. The summed E-state index contributed by atoms with van der Waals surface area (Å²) in [5.74, 6) is 0. The molecule has 0 radical (unpaired) electrons. The van der Waals surface area contributed by atoms with Crippen LogP contribution < -0.4 is 4.90 Å². The van der Waals surface area contributed by atoms with Gasteiger partial charge in [0.05, 0.1) is 5.52 Å². The summed E-state index contributed by atoms with van der Waals surface area (Å²) < 4.78 is 2.39. The van der Waals surface area contributed by atoms with Gasteiger partial charge in [-0.25, -0.2) is 0 Å². The maximum atomic E-state index is 2.43. The summed E-state index contributed by atoms with van der Waals surface area (Å²) in [5.41, 5.74) is 12.5. The molecule has 1 aromatic heterocycles. The fourth-order valence-electron chi connectivity index (χ4n) is 7.90. The van der Waals surface area contributed by atoms with E-state index in [1.165, 1.54) is 98.9 Å². The smallest absolute Gasteiger partial charge is 0.0501 e. The van der Waals surface area contributed by atoms with Gasteiger partial charge in [0.15, 0.2) is 0 Å². The van der Waals surface area contributed by atoms with Crippen molar-refractivity contribution >= 4 is 65.5 Å². The van der Waals surface area contributed by atoms with E-state index in [1.54, 1.807) is 0 Å². The molecule has 46 heavy (non-hydrogen) atoms. The van der Waals surface area contributed by atoms with Gasteiger partial charge >= 0.3 is 0 Å². The van der Waals surface area contributed by atoms with E-state index < -0.39 is 0 Å². The molecular weight excluding hydrogens is 556 g/mol. The molecule has 0 saturated carbocycles. The molecule has 2 heterocycles. The van der Waals surface area contributed by atoms with Crippen molar-refractivity contribution in [3.8, 4) is 33.4 Å². The van der Waals surface area contributed by atoms with Gasteiger partial charge in [-0.1, -0.05) is 109 Å². The van der Waals surface area contributed by atoms with Gasteiger partial charge < -0.3 is 9.47 Å². The molecule has 0 amide bonds. The van der Waals surface area contributed by atoms with Crippen molar-refractivity contribution in [3.63, 3.8) is 0 Å². The van der Waals surface area contributed by atoms with Crippen LogP contribution in [-0.2, 0) is 7.05 Å². The van der Waals surface area contributed by atoms with E-state index in [1.807, 2.05) is 0 Å². The topological polar surface area (TPSA) is 8.17 Å². The number of rotatable bonds is 2. The highest BCUT2D eigenvalue weighted by Gasteiger charge is 2.26. The first kappa shape index (κ1) is 25.5. The van der Waals surface area contributed by atoms with E-state index in [2.05, 4.69) is 169 Å². The summed E-state index contributed by atoms with van der Waals surface area (Å²) in [6.07, 6.45) is 0. The molecule has 0 bridgehead atoms. The minimum Gasteiger partial charge on any atom is -0.344 e. The third-order valence-corrected chi connectivity index (χ3v) is 10.3. The molecule has 9 aromatic rings. The Bertz CT molecular complexity index is 2730. The zero-order valence-electron chi connectivity index (χ0n) is 25.8. The third kappa shape index (κ3) is 3.53.